The van der Waals surface area contributed by atoms with E-state index in [-0.39, 0.29) is 6.17 Å². The minimum Gasteiger partial charge on any atom is -0.438 e. The van der Waals surface area contributed by atoms with Crippen molar-refractivity contribution >= 4 is 66.1 Å². The molecule has 0 saturated carbocycles. The van der Waals surface area contributed by atoms with Crippen molar-refractivity contribution in [1.29, 1.82) is 0 Å². The number of aliphatic imine (C=N–C) groups is 2. The van der Waals surface area contributed by atoms with Gasteiger partial charge in [-0.05, 0) is 62.1 Å². The second kappa shape index (κ2) is 11.0. The van der Waals surface area contributed by atoms with E-state index < -0.39 is 0 Å². The summed E-state index contributed by atoms with van der Waals surface area (Å²) in [5.74, 6) is 1.43. The summed E-state index contributed by atoms with van der Waals surface area (Å²) in [6.45, 7) is 0. The average molecular weight is 629 g/mol. The van der Waals surface area contributed by atoms with Crippen molar-refractivity contribution in [2.75, 3.05) is 0 Å². The molecular weight excluding hydrogens is 601 g/mol. The highest BCUT2D eigenvalue weighted by Crippen LogP contribution is 2.39. The highest BCUT2D eigenvalue weighted by atomic mass is 16.3. The first-order valence-corrected chi connectivity index (χ1v) is 16.5. The SMILES string of the molecule is c1ccc(C2=NC(c3cccc4oc5nc(-c6cc7c8ccccc8ccc7c7ccccc67)ccc5c34)=NC(c3ccccc3)N2)cc1. The number of hydrogen-bond acceptors (Lipinski definition) is 5. The summed E-state index contributed by atoms with van der Waals surface area (Å²) in [7, 11) is 0. The molecule has 9 aromatic rings. The Morgan fingerprint density at radius 1 is 0.531 bits per heavy atom. The molecule has 7 aromatic carbocycles. The molecule has 10 rings (SSSR count). The van der Waals surface area contributed by atoms with Crippen molar-refractivity contribution in [3.8, 4) is 11.3 Å². The standard InChI is InChI=1S/C44H28N4O/c1-3-13-28(14-4-1)41-46-42(29-15-5-2-6-16-29)48-43(47-41)34-20-11-21-39-40(34)35-24-25-38(45-44(35)49-39)37-26-36-30-17-8-7-12-27(30)22-23-33(36)31-18-9-10-19-32(31)37/h1-26,41H,(H,46,47,48). The number of aromatic nitrogens is 1. The number of furan rings is 1. The molecule has 0 fully saturated rings. The molecule has 3 heterocycles. The lowest BCUT2D eigenvalue weighted by Gasteiger charge is -2.23. The lowest BCUT2D eigenvalue weighted by Crippen LogP contribution is -2.33. The summed E-state index contributed by atoms with van der Waals surface area (Å²) in [6.07, 6.45) is -0.292. The van der Waals surface area contributed by atoms with E-state index >= 15 is 0 Å². The van der Waals surface area contributed by atoms with Gasteiger partial charge in [0.05, 0.1) is 5.69 Å². The van der Waals surface area contributed by atoms with Gasteiger partial charge < -0.3 is 9.73 Å². The zero-order chi connectivity index (χ0) is 32.3. The van der Waals surface area contributed by atoms with Crippen LogP contribution in [0.3, 0.4) is 0 Å². The van der Waals surface area contributed by atoms with Crippen LogP contribution in [0.4, 0.5) is 0 Å². The third kappa shape index (κ3) is 4.51. The lowest BCUT2D eigenvalue weighted by molar-refractivity contribution is 0.654. The monoisotopic (exact) mass is 628 g/mol. The first-order valence-electron chi connectivity index (χ1n) is 16.5. The molecule has 0 bridgehead atoms. The summed E-state index contributed by atoms with van der Waals surface area (Å²) >= 11 is 0. The molecule has 0 amide bonds. The van der Waals surface area contributed by atoms with E-state index in [1.807, 2.05) is 48.5 Å². The summed E-state index contributed by atoms with van der Waals surface area (Å²) < 4.78 is 6.51. The number of hydrogen-bond donors (Lipinski definition) is 1. The second-order valence-electron chi connectivity index (χ2n) is 12.4. The Bertz CT molecular complexity index is 2800. The molecule has 0 spiro atoms. The smallest absolute Gasteiger partial charge is 0.227 e. The Hall–Kier alpha value is -6.59. The summed E-state index contributed by atoms with van der Waals surface area (Å²) in [5, 5.41) is 12.7. The van der Waals surface area contributed by atoms with E-state index in [0.29, 0.717) is 11.5 Å². The minimum absolute atomic E-state index is 0.292. The second-order valence-corrected chi connectivity index (χ2v) is 12.4. The van der Waals surface area contributed by atoms with E-state index in [0.717, 1.165) is 55.5 Å². The van der Waals surface area contributed by atoms with E-state index in [1.165, 1.54) is 26.9 Å². The highest BCUT2D eigenvalue weighted by molar-refractivity contribution is 6.23. The molecule has 230 valence electrons. The number of benzene rings is 7. The number of nitrogens with zero attached hydrogens (tertiary/aromatic N) is 3. The number of rotatable bonds is 4. The van der Waals surface area contributed by atoms with E-state index in [1.54, 1.807) is 0 Å². The maximum Gasteiger partial charge on any atom is 0.227 e. The molecule has 5 heteroatoms. The number of amidine groups is 2. The van der Waals surface area contributed by atoms with Gasteiger partial charge in [0.25, 0.3) is 0 Å². The maximum atomic E-state index is 6.51. The van der Waals surface area contributed by atoms with Crippen molar-refractivity contribution < 1.29 is 4.42 Å². The maximum absolute atomic E-state index is 6.51. The van der Waals surface area contributed by atoms with Gasteiger partial charge >= 0.3 is 0 Å². The van der Waals surface area contributed by atoms with Crippen LogP contribution in [0.25, 0.3) is 65.6 Å². The van der Waals surface area contributed by atoms with Crippen LogP contribution in [0, 0.1) is 0 Å². The minimum atomic E-state index is -0.292. The van der Waals surface area contributed by atoms with Gasteiger partial charge in [-0.2, -0.15) is 0 Å². The lowest BCUT2D eigenvalue weighted by atomic mass is 9.92. The van der Waals surface area contributed by atoms with E-state index in [2.05, 4.69) is 115 Å². The van der Waals surface area contributed by atoms with Crippen LogP contribution in [0.15, 0.2) is 172 Å². The fourth-order valence-electron chi connectivity index (χ4n) is 7.23. The highest BCUT2D eigenvalue weighted by Gasteiger charge is 2.24. The largest absolute Gasteiger partial charge is 0.438 e. The fraction of sp³-hybridized carbons (Fsp3) is 0.0227. The molecular formula is C44H28N4O. The molecule has 1 aliphatic heterocycles. The Morgan fingerprint density at radius 3 is 2.10 bits per heavy atom. The van der Waals surface area contributed by atoms with Crippen molar-refractivity contribution in [2.45, 2.75) is 6.17 Å². The molecule has 5 nitrogen and oxygen atoms in total. The number of pyridine rings is 1. The van der Waals surface area contributed by atoms with Gasteiger partial charge in [0.15, 0.2) is 5.84 Å². The van der Waals surface area contributed by atoms with Crippen LogP contribution in [-0.4, -0.2) is 16.7 Å². The van der Waals surface area contributed by atoms with Crippen LogP contribution in [0.1, 0.15) is 22.9 Å². The molecule has 1 atom stereocenters. The molecule has 49 heavy (non-hydrogen) atoms. The van der Waals surface area contributed by atoms with Crippen molar-refractivity contribution in [3.63, 3.8) is 0 Å². The quantitative estimate of drug-likeness (QED) is 0.197. The normalized spacial score (nSPS) is 14.7. The van der Waals surface area contributed by atoms with E-state index in [4.69, 9.17) is 19.4 Å². The Morgan fingerprint density at radius 2 is 1.24 bits per heavy atom. The van der Waals surface area contributed by atoms with Crippen LogP contribution < -0.4 is 5.32 Å². The molecule has 2 aromatic heterocycles. The molecule has 1 unspecified atom stereocenters. The average Bonchev–Trinajstić information content (AvgIpc) is 3.56. The van der Waals surface area contributed by atoms with E-state index in [9.17, 15) is 0 Å². The molecule has 0 aliphatic carbocycles. The van der Waals surface area contributed by atoms with Crippen molar-refractivity contribution in [3.05, 3.63) is 174 Å². The van der Waals surface area contributed by atoms with Crippen LogP contribution in [0.2, 0.25) is 0 Å². The summed E-state index contributed by atoms with van der Waals surface area (Å²) in [4.78, 5) is 15.4. The molecule has 1 aliphatic rings. The van der Waals surface area contributed by atoms with Crippen molar-refractivity contribution in [1.82, 2.24) is 10.3 Å². The van der Waals surface area contributed by atoms with Gasteiger partial charge in [0.1, 0.15) is 17.6 Å². The Balaban J connectivity index is 1.16. The van der Waals surface area contributed by atoms with Gasteiger partial charge in [-0.15, -0.1) is 0 Å². The van der Waals surface area contributed by atoms with Gasteiger partial charge in [-0.25, -0.2) is 15.0 Å². The molecule has 0 radical (unpaired) electrons. The Kier molecular flexibility index (Phi) is 6.18. The predicted molar refractivity (Wildman–Crippen MR) is 201 cm³/mol. The third-order valence-electron chi connectivity index (χ3n) is 9.55. The molecule has 0 saturated heterocycles. The van der Waals surface area contributed by atoms with Gasteiger partial charge in [-0.3, -0.25) is 0 Å². The number of nitrogens with one attached hydrogen (secondary N) is 1. The topological polar surface area (TPSA) is 62.8 Å². The van der Waals surface area contributed by atoms with Crippen LogP contribution in [0.5, 0.6) is 0 Å². The van der Waals surface area contributed by atoms with Crippen molar-refractivity contribution in [2.24, 2.45) is 9.98 Å². The zero-order valence-corrected chi connectivity index (χ0v) is 26.3. The first kappa shape index (κ1) is 27.5. The summed E-state index contributed by atoms with van der Waals surface area (Å²) in [5.41, 5.74) is 6.25. The van der Waals surface area contributed by atoms with Crippen LogP contribution >= 0.6 is 0 Å². The van der Waals surface area contributed by atoms with Crippen LogP contribution in [-0.2, 0) is 0 Å². The first-order chi connectivity index (χ1) is 24.3. The number of fused-ring (bicyclic) bond motifs is 8. The third-order valence-corrected chi connectivity index (χ3v) is 9.55. The molecule has 1 N–H and O–H groups in total. The van der Waals surface area contributed by atoms with Gasteiger partial charge in [0.2, 0.25) is 5.71 Å². The van der Waals surface area contributed by atoms with Gasteiger partial charge in [0, 0.05) is 27.5 Å². The fourth-order valence-corrected chi connectivity index (χ4v) is 7.23. The zero-order valence-electron chi connectivity index (χ0n) is 26.3. The summed E-state index contributed by atoms with van der Waals surface area (Å²) in [6, 6.07) is 54.7. The van der Waals surface area contributed by atoms with Gasteiger partial charge in [-0.1, -0.05) is 133 Å². The Labute approximate surface area is 281 Å². The predicted octanol–water partition coefficient (Wildman–Crippen LogP) is 10.6.